The number of halogens is 1. The van der Waals surface area contributed by atoms with Crippen LogP contribution in [0.25, 0.3) is 0 Å². The monoisotopic (exact) mass is 311 g/mol. The summed E-state index contributed by atoms with van der Waals surface area (Å²) in [5.74, 6) is -0.0831. The molecule has 20 heavy (non-hydrogen) atoms. The highest BCUT2D eigenvalue weighted by atomic mass is 35.5. The molecule has 0 saturated carbocycles. The lowest BCUT2D eigenvalue weighted by atomic mass is 10.3. The van der Waals surface area contributed by atoms with Crippen LogP contribution in [0.3, 0.4) is 0 Å². The Morgan fingerprint density at radius 2 is 2.00 bits per heavy atom. The van der Waals surface area contributed by atoms with Gasteiger partial charge in [-0.15, -0.1) is 23.7 Å². The average Bonchev–Trinajstić information content (AvgIpc) is 2.77. The Morgan fingerprint density at radius 1 is 1.30 bits per heavy atom. The maximum Gasteiger partial charge on any atom is 0.245 e. The fourth-order valence-corrected chi connectivity index (χ4v) is 2.63. The molecule has 2 N–H and O–H groups in total. The van der Waals surface area contributed by atoms with Crippen molar-refractivity contribution in [2.24, 2.45) is 0 Å². The molecule has 0 radical (unpaired) electrons. The highest BCUT2D eigenvalue weighted by Crippen LogP contribution is 2.22. The Morgan fingerprint density at radius 3 is 2.60 bits per heavy atom. The second-order valence-electron chi connectivity index (χ2n) is 4.14. The molecule has 0 unspecified atom stereocenters. The normalized spacial score (nSPS) is 9.70. The quantitative estimate of drug-likeness (QED) is 0.888. The lowest BCUT2D eigenvalue weighted by molar-refractivity contribution is -0.114. The summed E-state index contributed by atoms with van der Waals surface area (Å²) >= 11 is 1.52. The van der Waals surface area contributed by atoms with Crippen molar-refractivity contribution in [1.82, 2.24) is 4.98 Å². The van der Waals surface area contributed by atoms with E-state index < -0.39 is 0 Å². The average molecular weight is 312 g/mol. The van der Waals surface area contributed by atoms with E-state index >= 15 is 0 Å². The van der Waals surface area contributed by atoms with Crippen LogP contribution in [-0.4, -0.2) is 17.4 Å². The number of aromatic nitrogens is 1. The van der Waals surface area contributed by atoms with E-state index in [1.807, 2.05) is 37.3 Å². The number of hydrogen-bond donors (Lipinski definition) is 2. The van der Waals surface area contributed by atoms with Gasteiger partial charge in [-0.1, -0.05) is 25.1 Å². The van der Waals surface area contributed by atoms with Gasteiger partial charge in [0.05, 0.1) is 12.2 Å². The summed E-state index contributed by atoms with van der Waals surface area (Å²) < 4.78 is 0. The minimum absolute atomic E-state index is 0. The number of carbonyl (C=O) groups is 1. The molecule has 1 aromatic heterocycles. The van der Waals surface area contributed by atoms with Gasteiger partial charge < -0.3 is 10.6 Å². The third-order valence-electron chi connectivity index (χ3n) is 2.70. The van der Waals surface area contributed by atoms with Crippen LogP contribution in [-0.2, 0) is 11.2 Å². The third-order valence-corrected chi connectivity index (χ3v) is 3.63. The first kappa shape index (κ1) is 16.5. The van der Waals surface area contributed by atoms with Gasteiger partial charge in [0.25, 0.3) is 0 Å². The zero-order valence-corrected chi connectivity index (χ0v) is 13.1. The zero-order valence-electron chi connectivity index (χ0n) is 11.5. The van der Waals surface area contributed by atoms with Crippen molar-refractivity contribution in [1.29, 1.82) is 0 Å². The molecule has 4 nitrogen and oxygen atoms in total. The van der Waals surface area contributed by atoms with Crippen LogP contribution >= 0.6 is 23.7 Å². The molecule has 6 heteroatoms. The molecule has 0 bridgehead atoms. The van der Waals surface area contributed by atoms with Crippen molar-refractivity contribution >= 4 is 40.5 Å². The predicted octanol–water partition coefficient (Wildman–Crippen LogP) is 3.49. The Bertz CT molecular complexity index is 557. The molecular weight excluding hydrogens is 294 g/mol. The van der Waals surface area contributed by atoms with Crippen LogP contribution < -0.4 is 10.6 Å². The van der Waals surface area contributed by atoms with Crippen LogP contribution in [0, 0.1) is 6.92 Å². The molecule has 1 aromatic carbocycles. The number of rotatable bonds is 5. The molecule has 2 aromatic rings. The molecule has 0 aliphatic heterocycles. The maximum atomic E-state index is 11.8. The second-order valence-corrected chi connectivity index (χ2v) is 5.35. The summed E-state index contributed by atoms with van der Waals surface area (Å²) in [4.78, 5) is 17.3. The molecule has 0 fully saturated rings. The number of thiazole rings is 1. The summed E-state index contributed by atoms with van der Waals surface area (Å²) in [6.07, 6.45) is 0.889. The minimum Gasteiger partial charge on any atom is -0.376 e. The maximum absolute atomic E-state index is 11.8. The fraction of sp³-hybridized carbons (Fsp3) is 0.286. The van der Waals surface area contributed by atoms with E-state index in [0.717, 1.165) is 22.7 Å². The van der Waals surface area contributed by atoms with Gasteiger partial charge in [-0.2, -0.15) is 0 Å². The number of nitrogens with one attached hydrogen (secondary N) is 2. The van der Waals surface area contributed by atoms with Crippen LogP contribution in [0.5, 0.6) is 0 Å². The van der Waals surface area contributed by atoms with Gasteiger partial charge in [0.15, 0.2) is 5.13 Å². The molecule has 1 heterocycles. The Kier molecular flexibility index (Phi) is 6.48. The van der Waals surface area contributed by atoms with Crippen LogP contribution in [0.2, 0.25) is 0 Å². The Balaban J connectivity index is 0.00000200. The summed E-state index contributed by atoms with van der Waals surface area (Å²) in [6.45, 7) is 4.32. The number of hydrogen-bond acceptors (Lipinski definition) is 4. The van der Waals surface area contributed by atoms with Gasteiger partial charge in [-0.05, 0) is 25.5 Å². The highest BCUT2D eigenvalue weighted by Gasteiger charge is 2.08. The number of benzene rings is 1. The van der Waals surface area contributed by atoms with Crippen LogP contribution in [0.4, 0.5) is 10.8 Å². The predicted molar refractivity (Wildman–Crippen MR) is 87.0 cm³/mol. The molecule has 0 aliphatic carbocycles. The Labute approximate surface area is 129 Å². The standard InChI is InChI=1S/C14H17N3OS.ClH/c1-3-12-10(2)19-14(16-12)17-13(18)9-15-11-7-5-4-6-8-11;/h4-8,15H,3,9H2,1-2H3,(H,16,17,18);1H. The van der Waals surface area contributed by atoms with E-state index in [1.165, 1.54) is 11.3 Å². The molecule has 108 valence electrons. The number of carbonyl (C=O) groups excluding carboxylic acids is 1. The number of anilines is 2. The first-order valence-electron chi connectivity index (χ1n) is 6.24. The van der Waals surface area contributed by atoms with Gasteiger partial charge in [0, 0.05) is 10.6 Å². The summed E-state index contributed by atoms with van der Waals surface area (Å²) in [5.41, 5.74) is 1.98. The topological polar surface area (TPSA) is 54.0 Å². The van der Waals surface area contributed by atoms with E-state index in [4.69, 9.17) is 0 Å². The molecule has 0 aliphatic rings. The van der Waals surface area contributed by atoms with E-state index in [-0.39, 0.29) is 24.9 Å². The van der Waals surface area contributed by atoms with Crippen molar-refractivity contribution in [2.45, 2.75) is 20.3 Å². The van der Waals surface area contributed by atoms with Crippen LogP contribution in [0.15, 0.2) is 30.3 Å². The molecule has 0 atom stereocenters. The van der Waals surface area contributed by atoms with E-state index in [0.29, 0.717) is 5.13 Å². The van der Waals surface area contributed by atoms with Crippen LogP contribution in [0.1, 0.15) is 17.5 Å². The number of nitrogens with zero attached hydrogens (tertiary/aromatic N) is 1. The summed E-state index contributed by atoms with van der Waals surface area (Å²) in [6, 6.07) is 9.65. The lowest BCUT2D eigenvalue weighted by Crippen LogP contribution is -2.21. The van der Waals surface area contributed by atoms with E-state index in [2.05, 4.69) is 22.5 Å². The SMILES string of the molecule is CCc1nc(NC(=O)CNc2ccccc2)sc1C.Cl. The van der Waals surface area contributed by atoms with Crippen molar-refractivity contribution in [3.8, 4) is 0 Å². The van der Waals surface area contributed by atoms with Crippen molar-refractivity contribution in [3.05, 3.63) is 40.9 Å². The number of amides is 1. The van der Waals surface area contributed by atoms with Crippen molar-refractivity contribution in [3.63, 3.8) is 0 Å². The molecule has 0 spiro atoms. The number of para-hydroxylation sites is 1. The number of aryl methyl sites for hydroxylation is 2. The van der Waals surface area contributed by atoms with Gasteiger partial charge in [-0.25, -0.2) is 4.98 Å². The van der Waals surface area contributed by atoms with Gasteiger partial charge in [0.1, 0.15) is 0 Å². The zero-order chi connectivity index (χ0) is 13.7. The van der Waals surface area contributed by atoms with E-state index in [9.17, 15) is 4.79 Å². The lowest BCUT2D eigenvalue weighted by Gasteiger charge is -2.05. The molecule has 2 rings (SSSR count). The Hall–Kier alpha value is -1.59. The van der Waals surface area contributed by atoms with E-state index in [1.54, 1.807) is 0 Å². The second kappa shape index (κ2) is 7.87. The van der Waals surface area contributed by atoms with Gasteiger partial charge in [-0.3, -0.25) is 4.79 Å². The summed E-state index contributed by atoms with van der Waals surface area (Å²) in [5, 5.41) is 6.55. The largest absolute Gasteiger partial charge is 0.376 e. The van der Waals surface area contributed by atoms with Crippen molar-refractivity contribution in [2.75, 3.05) is 17.2 Å². The molecule has 0 saturated heterocycles. The first-order valence-corrected chi connectivity index (χ1v) is 7.05. The highest BCUT2D eigenvalue weighted by molar-refractivity contribution is 7.15. The van der Waals surface area contributed by atoms with Crippen molar-refractivity contribution < 1.29 is 4.79 Å². The molecular formula is C14H18ClN3OS. The van der Waals surface area contributed by atoms with Gasteiger partial charge in [0.2, 0.25) is 5.91 Å². The smallest absolute Gasteiger partial charge is 0.245 e. The fourth-order valence-electron chi connectivity index (χ4n) is 1.71. The summed E-state index contributed by atoms with van der Waals surface area (Å²) in [7, 11) is 0. The minimum atomic E-state index is -0.0831. The third kappa shape index (κ3) is 4.51. The first-order chi connectivity index (χ1) is 9.19. The molecule has 1 amide bonds. The van der Waals surface area contributed by atoms with Gasteiger partial charge >= 0.3 is 0 Å².